The Morgan fingerprint density at radius 2 is 1.50 bits per heavy atom. The molecule has 1 heterocycles. The first-order chi connectivity index (χ1) is 5.55. The van der Waals surface area contributed by atoms with Crippen molar-refractivity contribution in [1.29, 1.82) is 0 Å². The van der Waals surface area contributed by atoms with Gasteiger partial charge in [-0.05, 0) is 51.9 Å². The van der Waals surface area contributed by atoms with E-state index in [9.17, 15) is 0 Å². The van der Waals surface area contributed by atoms with E-state index in [1.807, 2.05) is 0 Å². The fourth-order valence-electron chi connectivity index (χ4n) is 2.76. The van der Waals surface area contributed by atoms with Gasteiger partial charge in [0.1, 0.15) is 0 Å². The third-order valence-corrected chi connectivity index (χ3v) is 3.56. The third-order valence-electron chi connectivity index (χ3n) is 3.56. The van der Waals surface area contributed by atoms with E-state index in [-0.39, 0.29) is 0 Å². The molecule has 70 valence electrons. The smallest absolute Gasteiger partial charge is 0.0125 e. The topological polar surface area (TPSA) is 3.24 Å². The molecule has 0 radical (unpaired) electrons. The van der Waals surface area contributed by atoms with Crippen LogP contribution in [0.5, 0.6) is 0 Å². The van der Waals surface area contributed by atoms with Crippen LogP contribution in [0.2, 0.25) is 0 Å². The van der Waals surface area contributed by atoms with Crippen molar-refractivity contribution in [2.75, 3.05) is 13.1 Å². The van der Waals surface area contributed by atoms with Gasteiger partial charge >= 0.3 is 0 Å². The number of nitrogens with zero attached hydrogens (tertiary/aromatic N) is 1. The van der Waals surface area contributed by atoms with Crippen LogP contribution in [-0.4, -0.2) is 23.5 Å². The first-order valence-corrected chi connectivity index (χ1v) is 5.31. The second-order valence-corrected chi connectivity index (χ2v) is 5.62. The highest BCUT2D eigenvalue weighted by atomic mass is 15.2. The Labute approximate surface area is 76.1 Å². The van der Waals surface area contributed by atoms with Crippen LogP contribution >= 0.6 is 0 Å². The van der Waals surface area contributed by atoms with Crippen LogP contribution < -0.4 is 0 Å². The van der Waals surface area contributed by atoms with Crippen molar-refractivity contribution >= 4 is 0 Å². The number of hydrogen-bond donors (Lipinski definition) is 0. The minimum atomic E-state index is 0.404. The minimum absolute atomic E-state index is 0.404. The molecule has 2 aliphatic rings. The third kappa shape index (κ3) is 1.52. The molecule has 2 bridgehead atoms. The molecule has 0 aromatic heterocycles. The lowest BCUT2D eigenvalue weighted by atomic mass is 9.94. The minimum Gasteiger partial charge on any atom is -0.298 e. The lowest BCUT2D eigenvalue weighted by Crippen LogP contribution is -2.47. The van der Waals surface area contributed by atoms with Crippen molar-refractivity contribution in [3.05, 3.63) is 0 Å². The van der Waals surface area contributed by atoms with Crippen molar-refractivity contribution in [3.8, 4) is 0 Å². The SMILES string of the molecule is CC(C)(C)N1CC2CC[C@H](C2)C1. The van der Waals surface area contributed by atoms with Crippen LogP contribution in [0, 0.1) is 11.8 Å². The highest BCUT2D eigenvalue weighted by molar-refractivity contribution is 4.90. The van der Waals surface area contributed by atoms with Crippen LogP contribution in [0.1, 0.15) is 40.0 Å². The normalized spacial score (nSPS) is 37.2. The quantitative estimate of drug-likeness (QED) is 0.536. The molecule has 1 aliphatic heterocycles. The summed E-state index contributed by atoms with van der Waals surface area (Å²) in [6, 6.07) is 0. The van der Waals surface area contributed by atoms with Gasteiger partial charge in [-0.2, -0.15) is 0 Å². The van der Waals surface area contributed by atoms with E-state index in [1.165, 1.54) is 32.4 Å². The number of rotatable bonds is 0. The summed E-state index contributed by atoms with van der Waals surface area (Å²) < 4.78 is 0. The predicted molar refractivity (Wildman–Crippen MR) is 52.2 cm³/mol. The van der Waals surface area contributed by atoms with E-state index in [0.29, 0.717) is 5.54 Å². The highest BCUT2D eigenvalue weighted by Gasteiger charge is 2.36. The van der Waals surface area contributed by atoms with Crippen molar-refractivity contribution < 1.29 is 0 Å². The first kappa shape index (κ1) is 8.55. The summed E-state index contributed by atoms with van der Waals surface area (Å²) in [6.45, 7) is 9.76. The van der Waals surface area contributed by atoms with Gasteiger partial charge in [0, 0.05) is 18.6 Å². The lowest BCUT2D eigenvalue weighted by Gasteiger charge is -2.41. The Kier molecular flexibility index (Phi) is 1.95. The highest BCUT2D eigenvalue weighted by Crippen LogP contribution is 2.38. The van der Waals surface area contributed by atoms with Gasteiger partial charge in [0.25, 0.3) is 0 Å². The molecular formula is C11H21N. The molecule has 0 N–H and O–H groups in total. The van der Waals surface area contributed by atoms with E-state index >= 15 is 0 Å². The largest absolute Gasteiger partial charge is 0.298 e. The van der Waals surface area contributed by atoms with Gasteiger partial charge in [0.2, 0.25) is 0 Å². The Hall–Kier alpha value is -0.0400. The molecule has 0 amide bonds. The Morgan fingerprint density at radius 1 is 1.00 bits per heavy atom. The van der Waals surface area contributed by atoms with Gasteiger partial charge in [-0.25, -0.2) is 0 Å². The maximum Gasteiger partial charge on any atom is 0.0125 e. The molecule has 0 aromatic carbocycles. The Morgan fingerprint density at radius 3 is 1.92 bits per heavy atom. The van der Waals surface area contributed by atoms with Crippen molar-refractivity contribution in [3.63, 3.8) is 0 Å². The van der Waals surface area contributed by atoms with Gasteiger partial charge in [-0.3, -0.25) is 4.90 Å². The second kappa shape index (κ2) is 2.73. The average molecular weight is 167 g/mol. The molecule has 1 saturated carbocycles. The average Bonchev–Trinajstić information content (AvgIpc) is 2.28. The molecule has 0 spiro atoms. The Balaban J connectivity index is 2.03. The monoisotopic (exact) mass is 167 g/mol. The number of fused-ring (bicyclic) bond motifs is 2. The van der Waals surface area contributed by atoms with Gasteiger partial charge in [-0.1, -0.05) is 0 Å². The Bertz CT molecular complexity index is 156. The zero-order valence-corrected chi connectivity index (χ0v) is 8.64. The summed E-state index contributed by atoms with van der Waals surface area (Å²) >= 11 is 0. The molecular weight excluding hydrogens is 146 g/mol. The lowest BCUT2D eigenvalue weighted by molar-refractivity contribution is 0.0736. The zero-order valence-electron chi connectivity index (χ0n) is 8.64. The number of piperidine rings is 1. The zero-order chi connectivity index (χ0) is 8.77. The van der Waals surface area contributed by atoms with E-state index in [4.69, 9.17) is 0 Å². The van der Waals surface area contributed by atoms with Gasteiger partial charge in [0.05, 0.1) is 0 Å². The van der Waals surface area contributed by atoms with Crippen LogP contribution in [-0.2, 0) is 0 Å². The molecule has 1 nitrogen and oxygen atoms in total. The van der Waals surface area contributed by atoms with Crippen LogP contribution in [0.15, 0.2) is 0 Å². The van der Waals surface area contributed by atoms with Crippen LogP contribution in [0.4, 0.5) is 0 Å². The predicted octanol–water partition coefficient (Wildman–Crippen LogP) is 2.52. The molecule has 1 heteroatoms. The molecule has 1 saturated heterocycles. The van der Waals surface area contributed by atoms with Gasteiger partial charge < -0.3 is 0 Å². The maximum atomic E-state index is 2.68. The molecule has 1 unspecified atom stereocenters. The number of hydrogen-bond acceptors (Lipinski definition) is 1. The standard InChI is InChI=1S/C11H21N/c1-11(2,3)12-7-9-4-5-10(6-9)8-12/h9-10H,4-8H2,1-3H3/t9-,10?/m1/s1. The molecule has 2 fully saturated rings. The van der Waals surface area contributed by atoms with E-state index in [2.05, 4.69) is 25.7 Å². The maximum absolute atomic E-state index is 2.68. The van der Waals surface area contributed by atoms with Crippen molar-refractivity contribution in [2.24, 2.45) is 11.8 Å². The van der Waals surface area contributed by atoms with Gasteiger partial charge in [0.15, 0.2) is 0 Å². The summed E-state index contributed by atoms with van der Waals surface area (Å²) in [6.07, 6.45) is 4.51. The summed E-state index contributed by atoms with van der Waals surface area (Å²) in [7, 11) is 0. The number of likely N-dealkylation sites (tertiary alicyclic amines) is 1. The van der Waals surface area contributed by atoms with E-state index in [1.54, 1.807) is 0 Å². The van der Waals surface area contributed by atoms with E-state index < -0.39 is 0 Å². The summed E-state index contributed by atoms with van der Waals surface area (Å²) in [5, 5.41) is 0. The fourth-order valence-corrected chi connectivity index (χ4v) is 2.76. The van der Waals surface area contributed by atoms with Crippen molar-refractivity contribution in [1.82, 2.24) is 4.90 Å². The second-order valence-electron chi connectivity index (χ2n) is 5.62. The fraction of sp³-hybridized carbons (Fsp3) is 1.00. The molecule has 1 aliphatic carbocycles. The molecule has 2 atom stereocenters. The van der Waals surface area contributed by atoms with Crippen LogP contribution in [0.3, 0.4) is 0 Å². The molecule has 0 aromatic rings. The van der Waals surface area contributed by atoms with Crippen LogP contribution in [0.25, 0.3) is 0 Å². The van der Waals surface area contributed by atoms with Gasteiger partial charge in [-0.15, -0.1) is 0 Å². The molecule has 2 rings (SSSR count). The van der Waals surface area contributed by atoms with Crippen molar-refractivity contribution in [2.45, 2.75) is 45.6 Å². The summed E-state index contributed by atoms with van der Waals surface area (Å²) in [4.78, 5) is 2.68. The first-order valence-electron chi connectivity index (χ1n) is 5.31. The van der Waals surface area contributed by atoms with E-state index in [0.717, 1.165) is 11.8 Å². The summed E-state index contributed by atoms with van der Waals surface area (Å²) in [5.74, 6) is 2.06. The summed E-state index contributed by atoms with van der Waals surface area (Å²) in [5.41, 5.74) is 0.404. The molecule has 12 heavy (non-hydrogen) atoms.